The standard InChI is InChI=1S/C21H30N4O2/c1-4-18-17(19(5-2)27-25-18)14-24-21(22-3)23-13-15-9-6-7-12-20(15)26-16-10-8-11-16/h6-7,9,12,16H,4-5,8,10-11,13-14H2,1-3H3,(H2,22,23,24). The number of hydrogen-bond donors (Lipinski definition) is 2. The molecule has 0 unspecified atom stereocenters. The largest absolute Gasteiger partial charge is 0.490 e. The van der Waals surface area contributed by atoms with Gasteiger partial charge >= 0.3 is 0 Å². The Morgan fingerprint density at radius 3 is 2.63 bits per heavy atom. The van der Waals surface area contributed by atoms with E-state index >= 15 is 0 Å². The molecule has 0 amide bonds. The van der Waals surface area contributed by atoms with Gasteiger partial charge in [-0.1, -0.05) is 37.2 Å². The highest BCUT2D eigenvalue weighted by atomic mass is 16.5. The molecule has 1 aliphatic carbocycles. The second-order valence-electron chi connectivity index (χ2n) is 6.80. The zero-order valence-corrected chi connectivity index (χ0v) is 16.5. The lowest BCUT2D eigenvalue weighted by Gasteiger charge is -2.27. The van der Waals surface area contributed by atoms with Crippen LogP contribution in [0, 0.1) is 0 Å². The number of nitrogens with zero attached hydrogens (tertiary/aromatic N) is 2. The summed E-state index contributed by atoms with van der Waals surface area (Å²) < 4.78 is 11.5. The fraction of sp³-hybridized carbons (Fsp3) is 0.524. The number of hydrogen-bond acceptors (Lipinski definition) is 4. The second-order valence-corrected chi connectivity index (χ2v) is 6.80. The lowest BCUT2D eigenvalue weighted by atomic mass is 9.96. The molecule has 0 atom stereocenters. The Labute approximate surface area is 161 Å². The number of guanidine groups is 1. The van der Waals surface area contributed by atoms with Crippen molar-refractivity contribution in [3.05, 3.63) is 46.8 Å². The minimum Gasteiger partial charge on any atom is -0.490 e. The summed E-state index contributed by atoms with van der Waals surface area (Å²) in [5.41, 5.74) is 3.28. The normalized spacial score (nSPS) is 14.7. The molecule has 146 valence electrons. The van der Waals surface area contributed by atoms with Gasteiger partial charge in [0.05, 0.1) is 11.8 Å². The fourth-order valence-corrected chi connectivity index (χ4v) is 3.14. The Morgan fingerprint density at radius 2 is 1.96 bits per heavy atom. The fourth-order valence-electron chi connectivity index (χ4n) is 3.14. The summed E-state index contributed by atoms with van der Waals surface area (Å²) >= 11 is 0. The molecule has 0 radical (unpaired) electrons. The van der Waals surface area contributed by atoms with Gasteiger partial charge in [-0.15, -0.1) is 0 Å². The first kappa shape index (κ1) is 19.3. The van der Waals surface area contributed by atoms with Gasteiger partial charge in [-0.2, -0.15) is 0 Å². The zero-order chi connectivity index (χ0) is 19.1. The molecular weight excluding hydrogens is 340 g/mol. The third-order valence-corrected chi connectivity index (χ3v) is 5.03. The first-order chi connectivity index (χ1) is 13.2. The third kappa shape index (κ3) is 4.81. The quantitative estimate of drug-likeness (QED) is 0.549. The van der Waals surface area contributed by atoms with Crippen LogP contribution in [-0.2, 0) is 25.9 Å². The number of nitrogens with one attached hydrogen (secondary N) is 2. The van der Waals surface area contributed by atoms with Gasteiger partial charge in [-0.05, 0) is 31.7 Å². The van der Waals surface area contributed by atoms with Crippen LogP contribution < -0.4 is 15.4 Å². The Morgan fingerprint density at radius 1 is 1.19 bits per heavy atom. The second kappa shape index (κ2) is 9.44. The van der Waals surface area contributed by atoms with E-state index in [1.165, 1.54) is 6.42 Å². The molecule has 0 saturated heterocycles. The van der Waals surface area contributed by atoms with E-state index in [1.807, 2.05) is 18.2 Å². The average Bonchev–Trinajstić information content (AvgIpc) is 3.07. The van der Waals surface area contributed by atoms with Crippen LogP contribution in [0.2, 0.25) is 0 Å². The highest BCUT2D eigenvalue weighted by Gasteiger charge is 2.20. The van der Waals surface area contributed by atoms with E-state index < -0.39 is 0 Å². The molecule has 27 heavy (non-hydrogen) atoms. The lowest BCUT2D eigenvalue weighted by molar-refractivity contribution is 0.119. The number of para-hydroxylation sites is 1. The number of aliphatic imine (C=N–C) groups is 1. The molecule has 0 aliphatic heterocycles. The molecule has 6 nitrogen and oxygen atoms in total. The molecule has 1 saturated carbocycles. The minimum absolute atomic E-state index is 0.372. The van der Waals surface area contributed by atoms with Crippen LogP contribution in [0.15, 0.2) is 33.8 Å². The van der Waals surface area contributed by atoms with E-state index in [9.17, 15) is 0 Å². The smallest absolute Gasteiger partial charge is 0.191 e. The van der Waals surface area contributed by atoms with Gasteiger partial charge in [0.25, 0.3) is 0 Å². The van der Waals surface area contributed by atoms with Gasteiger partial charge in [0.2, 0.25) is 0 Å². The number of aromatic nitrogens is 1. The predicted octanol–water partition coefficient (Wildman–Crippen LogP) is 3.60. The van der Waals surface area contributed by atoms with Crippen LogP contribution in [0.4, 0.5) is 0 Å². The average molecular weight is 370 g/mol. The predicted molar refractivity (Wildman–Crippen MR) is 107 cm³/mol. The number of aryl methyl sites for hydroxylation is 2. The van der Waals surface area contributed by atoms with E-state index in [0.717, 1.165) is 60.0 Å². The molecule has 1 heterocycles. The van der Waals surface area contributed by atoms with E-state index in [-0.39, 0.29) is 0 Å². The van der Waals surface area contributed by atoms with E-state index in [0.29, 0.717) is 19.2 Å². The van der Waals surface area contributed by atoms with Gasteiger partial charge in [0.1, 0.15) is 11.5 Å². The van der Waals surface area contributed by atoms with Crippen molar-refractivity contribution in [1.29, 1.82) is 0 Å². The Kier molecular flexibility index (Phi) is 6.74. The maximum absolute atomic E-state index is 6.11. The van der Waals surface area contributed by atoms with Gasteiger partial charge in [-0.3, -0.25) is 4.99 Å². The van der Waals surface area contributed by atoms with Crippen LogP contribution in [0.3, 0.4) is 0 Å². The summed E-state index contributed by atoms with van der Waals surface area (Å²) in [5.74, 6) is 2.65. The van der Waals surface area contributed by atoms with Crippen molar-refractivity contribution in [2.75, 3.05) is 7.05 Å². The van der Waals surface area contributed by atoms with Crippen LogP contribution in [-0.4, -0.2) is 24.3 Å². The molecule has 1 aliphatic rings. The third-order valence-electron chi connectivity index (χ3n) is 5.03. The molecule has 6 heteroatoms. The van der Waals surface area contributed by atoms with Crippen LogP contribution in [0.25, 0.3) is 0 Å². The summed E-state index contributed by atoms with van der Waals surface area (Å²) in [4.78, 5) is 4.33. The summed E-state index contributed by atoms with van der Waals surface area (Å²) in [6, 6.07) is 8.20. The topological polar surface area (TPSA) is 71.7 Å². The molecule has 0 bridgehead atoms. The van der Waals surface area contributed by atoms with Crippen molar-refractivity contribution in [2.24, 2.45) is 4.99 Å². The molecule has 0 spiro atoms. The zero-order valence-electron chi connectivity index (χ0n) is 16.5. The van der Waals surface area contributed by atoms with Gasteiger partial charge in [0.15, 0.2) is 5.96 Å². The number of rotatable bonds is 8. The highest BCUT2D eigenvalue weighted by Crippen LogP contribution is 2.27. The maximum Gasteiger partial charge on any atom is 0.191 e. The summed E-state index contributed by atoms with van der Waals surface area (Å²) in [6.45, 7) is 5.48. The van der Waals surface area contributed by atoms with Crippen molar-refractivity contribution >= 4 is 5.96 Å². The number of benzene rings is 1. The van der Waals surface area contributed by atoms with E-state index in [1.54, 1.807) is 7.05 Å². The first-order valence-electron chi connectivity index (χ1n) is 9.90. The molecule has 3 rings (SSSR count). The molecule has 1 aromatic carbocycles. The van der Waals surface area contributed by atoms with Gasteiger partial charge < -0.3 is 19.9 Å². The van der Waals surface area contributed by atoms with Crippen LogP contribution >= 0.6 is 0 Å². The molecule has 2 N–H and O–H groups in total. The maximum atomic E-state index is 6.11. The van der Waals surface area contributed by atoms with Crippen molar-refractivity contribution in [2.45, 2.75) is 65.1 Å². The first-order valence-corrected chi connectivity index (χ1v) is 9.90. The monoisotopic (exact) mass is 370 g/mol. The Hall–Kier alpha value is -2.50. The molecular formula is C21H30N4O2. The molecule has 2 aromatic rings. The lowest BCUT2D eigenvalue weighted by Crippen LogP contribution is -2.36. The van der Waals surface area contributed by atoms with Crippen molar-refractivity contribution in [3.8, 4) is 5.75 Å². The van der Waals surface area contributed by atoms with Crippen molar-refractivity contribution < 1.29 is 9.26 Å². The summed E-state index contributed by atoms with van der Waals surface area (Å²) in [5, 5.41) is 10.9. The number of ether oxygens (including phenoxy) is 1. The molecule has 1 aromatic heterocycles. The molecule has 1 fully saturated rings. The van der Waals surface area contributed by atoms with E-state index in [2.05, 4.69) is 40.7 Å². The van der Waals surface area contributed by atoms with Gasteiger partial charge in [-0.25, -0.2) is 0 Å². The summed E-state index contributed by atoms with van der Waals surface area (Å²) in [7, 11) is 1.78. The van der Waals surface area contributed by atoms with E-state index in [4.69, 9.17) is 9.26 Å². The van der Waals surface area contributed by atoms with Crippen molar-refractivity contribution in [3.63, 3.8) is 0 Å². The van der Waals surface area contributed by atoms with Crippen molar-refractivity contribution in [1.82, 2.24) is 15.8 Å². The highest BCUT2D eigenvalue weighted by molar-refractivity contribution is 5.79. The minimum atomic E-state index is 0.372. The SMILES string of the molecule is CCc1noc(CC)c1CNC(=NC)NCc1ccccc1OC1CCC1. The summed E-state index contributed by atoms with van der Waals surface area (Å²) in [6.07, 6.45) is 5.65. The Bertz CT molecular complexity index is 744. The van der Waals surface area contributed by atoms with Gasteiger partial charge in [0, 0.05) is 37.7 Å². The van der Waals surface area contributed by atoms with Crippen LogP contribution in [0.5, 0.6) is 5.75 Å². The Balaban J connectivity index is 1.58. The van der Waals surface area contributed by atoms with Crippen LogP contribution in [0.1, 0.15) is 55.7 Å².